The number of aryl methyl sites for hydroxylation is 1. The summed E-state index contributed by atoms with van der Waals surface area (Å²) in [6, 6.07) is 16.3. The average Bonchev–Trinajstić information content (AvgIpc) is 3.53. The molecule has 0 spiro atoms. The van der Waals surface area contributed by atoms with Gasteiger partial charge in [0.25, 0.3) is 11.5 Å². The number of rotatable bonds is 6. The van der Waals surface area contributed by atoms with Crippen molar-refractivity contribution in [3.8, 4) is 0 Å². The summed E-state index contributed by atoms with van der Waals surface area (Å²) in [5, 5.41) is 22.4. The summed E-state index contributed by atoms with van der Waals surface area (Å²) in [5.41, 5.74) is 1.22. The normalized spacial score (nSPS) is 16.9. The first-order valence-corrected chi connectivity index (χ1v) is 14.3. The highest BCUT2D eigenvalue weighted by molar-refractivity contribution is 7.93. The van der Waals surface area contributed by atoms with Gasteiger partial charge in [0.1, 0.15) is 9.97 Å². The topological polar surface area (TPSA) is 148 Å². The monoisotopic (exact) mass is 595 g/mol. The molecule has 2 heterocycles. The van der Waals surface area contributed by atoms with Gasteiger partial charge < -0.3 is 5.11 Å². The Balaban J connectivity index is 1.62. The van der Waals surface area contributed by atoms with Crippen LogP contribution in [0.4, 0.5) is 10.8 Å². The van der Waals surface area contributed by atoms with E-state index >= 15 is 0 Å². The number of benzene rings is 3. The van der Waals surface area contributed by atoms with Gasteiger partial charge in [-0.05, 0) is 48.9 Å². The number of carbonyl (C=O) groups excluding carboxylic acids is 2. The number of aromatic nitrogens is 1. The number of amides is 1. The number of nitrogens with zero attached hydrogens (tertiary/aromatic N) is 3. The van der Waals surface area contributed by atoms with E-state index in [1.165, 1.54) is 24.3 Å². The summed E-state index contributed by atoms with van der Waals surface area (Å²) in [6.45, 7) is 1.87. The van der Waals surface area contributed by atoms with Crippen LogP contribution in [-0.2, 0) is 19.4 Å². The van der Waals surface area contributed by atoms with Gasteiger partial charge in [-0.25, -0.2) is 13.4 Å². The highest BCUT2D eigenvalue weighted by Crippen LogP contribution is 2.44. The summed E-state index contributed by atoms with van der Waals surface area (Å²) in [6.07, 6.45) is 1.06. The Bertz CT molecular complexity index is 1800. The first kappa shape index (κ1) is 27.2. The molecule has 0 aliphatic carbocycles. The molecule has 0 saturated carbocycles. The van der Waals surface area contributed by atoms with Gasteiger partial charge in [0.15, 0.2) is 5.13 Å². The number of carbonyl (C=O) groups is 2. The second-order valence-corrected chi connectivity index (χ2v) is 12.4. The van der Waals surface area contributed by atoms with Gasteiger partial charge in [0.2, 0.25) is 9.84 Å². The molecular weight excluding hydrogens is 578 g/mol. The average molecular weight is 596 g/mol. The number of nitro groups is 1. The Labute approximate surface area is 236 Å². The third-order valence-electron chi connectivity index (χ3n) is 6.26. The maximum absolute atomic E-state index is 13.4. The van der Waals surface area contributed by atoms with Gasteiger partial charge in [-0.15, -0.1) is 0 Å². The van der Waals surface area contributed by atoms with E-state index in [0.29, 0.717) is 21.9 Å². The third kappa shape index (κ3) is 4.76. The molecule has 3 aromatic carbocycles. The van der Waals surface area contributed by atoms with Crippen molar-refractivity contribution in [3.05, 3.63) is 116 Å². The van der Waals surface area contributed by atoms with E-state index in [4.69, 9.17) is 11.6 Å². The van der Waals surface area contributed by atoms with E-state index in [-0.39, 0.29) is 31.1 Å². The van der Waals surface area contributed by atoms with E-state index in [1.54, 1.807) is 24.3 Å². The number of anilines is 1. The first-order chi connectivity index (χ1) is 19.0. The number of thiazole rings is 1. The smallest absolute Gasteiger partial charge is 0.301 e. The van der Waals surface area contributed by atoms with Crippen LogP contribution in [0.2, 0.25) is 5.02 Å². The quantitative estimate of drug-likeness (QED) is 0.101. The Morgan fingerprint density at radius 1 is 1.02 bits per heavy atom. The van der Waals surface area contributed by atoms with Crippen LogP contribution >= 0.6 is 22.9 Å². The van der Waals surface area contributed by atoms with Crippen molar-refractivity contribution in [2.24, 2.45) is 0 Å². The van der Waals surface area contributed by atoms with Gasteiger partial charge in [-0.2, -0.15) is 0 Å². The van der Waals surface area contributed by atoms with Crippen LogP contribution in [0.5, 0.6) is 0 Å². The molecule has 1 fully saturated rings. The zero-order chi connectivity index (χ0) is 28.8. The molecule has 1 N–H and O–H groups in total. The summed E-state index contributed by atoms with van der Waals surface area (Å²) in [4.78, 5) is 42.0. The lowest BCUT2D eigenvalue weighted by molar-refractivity contribution is -0.384. The molecule has 1 aromatic heterocycles. The maximum Gasteiger partial charge on any atom is 0.301 e. The van der Waals surface area contributed by atoms with Crippen LogP contribution in [0.25, 0.3) is 5.76 Å². The Morgan fingerprint density at radius 3 is 2.25 bits per heavy atom. The molecule has 0 radical (unpaired) electrons. The number of aliphatic hydroxyl groups excluding tert-OH is 1. The van der Waals surface area contributed by atoms with Gasteiger partial charge >= 0.3 is 5.91 Å². The molecule has 1 amide bonds. The summed E-state index contributed by atoms with van der Waals surface area (Å²) in [5.74, 6) is -2.37. The van der Waals surface area contributed by atoms with E-state index in [0.717, 1.165) is 40.9 Å². The van der Waals surface area contributed by atoms with E-state index in [9.17, 15) is 33.2 Å². The van der Waals surface area contributed by atoms with E-state index in [1.807, 2.05) is 6.92 Å². The maximum atomic E-state index is 13.4. The summed E-state index contributed by atoms with van der Waals surface area (Å²) < 4.78 is 26.2. The molecule has 202 valence electrons. The van der Waals surface area contributed by atoms with Crippen molar-refractivity contribution in [1.29, 1.82) is 0 Å². The minimum Gasteiger partial charge on any atom is -0.507 e. The van der Waals surface area contributed by atoms with Crippen molar-refractivity contribution in [1.82, 2.24) is 4.98 Å². The standard InChI is InChI=1S/C27H18ClN3O7S2/c1-15-2-4-16(5-3-15)23-22(24(32)17-6-8-18(28)9-7-17)25(33)26(34)30(23)27-29-14-21(39-27)40(37,38)20-12-10-19(11-13-20)31(35)36/h2-14,23,32H,1H3/b24-22+/t23-/m0/s1. The van der Waals surface area contributed by atoms with Crippen LogP contribution in [0.3, 0.4) is 0 Å². The minimum atomic E-state index is -4.15. The third-order valence-corrected chi connectivity index (χ3v) is 9.74. The molecule has 10 nitrogen and oxygen atoms in total. The van der Waals surface area contributed by atoms with Gasteiger partial charge in [-0.1, -0.05) is 52.8 Å². The molecule has 0 unspecified atom stereocenters. The number of Topliss-reactive ketones (excluding diaryl/α,β-unsaturated/α-hetero) is 1. The van der Waals surface area contributed by atoms with Crippen LogP contribution in [0.1, 0.15) is 22.7 Å². The van der Waals surface area contributed by atoms with Crippen molar-refractivity contribution >= 4 is 61.0 Å². The van der Waals surface area contributed by atoms with Crippen molar-refractivity contribution < 1.29 is 28.0 Å². The number of nitro benzene ring substituents is 1. The van der Waals surface area contributed by atoms with E-state index < -0.39 is 38.3 Å². The Hall–Kier alpha value is -4.39. The number of hydrogen-bond acceptors (Lipinski definition) is 9. The highest BCUT2D eigenvalue weighted by Gasteiger charge is 2.48. The molecule has 40 heavy (non-hydrogen) atoms. The van der Waals surface area contributed by atoms with Gasteiger partial charge in [-0.3, -0.25) is 24.6 Å². The Kier molecular flexibility index (Phi) is 7.00. The van der Waals surface area contributed by atoms with Gasteiger partial charge in [0.05, 0.1) is 27.6 Å². The fourth-order valence-corrected chi connectivity index (χ4v) is 6.88. The predicted octanol–water partition coefficient (Wildman–Crippen LogP) is 5.47. The second-order valence-electron chi connectivity index (χ2n) is 8.80. The number of ketones is 1. The van der Waals surface area contributed by atoms with Crippen molar-refractivity contribution in [2.45, 2.75) is 22.1 Å². The molecule has 13 heteroatoms. The number of halogens is 1. The van der Waals surface area contributed by atoms with Crippen LogP contribution < -0.4 is 4.90 Å². The molecule has 1 aliphatic rings. The van der Waals surface area contributed by atoms with Crippen LogP contribution in [0, 0.1) is 17.0 Å². The number of non-ortho nitro benzene ring substituents is 1. The molecule has 4 aromatic rings. The van der Waals surface area contributed by atoms with Crippen molar-refractivity contribution in [3.63, 3.8) is 0 Å². The molecule has 5 rings (SSSR count). The lowest BCUT2D eigenvalue weighted by atomic mass is 9.95. The SMILES string of the molecule is Cc1ccc([C@H]2/C(=C(\O)c3ccc(Cl)cc3)C(=O)C(=O)N2c2ncc(S(=O)(=O)c3ccc([N+](=O)[O-])cc3)s2)cc1. The zero-order valence-electron chi connectivity index (χ0n) is 20.5. The largest absolute Gasteiger partial charge is 0.507 e. The number of sulfone groups is 1. The predicted molar refractivity (Wildman–Crippen MR) is 148 cm³/mol. The Morgan fingerprint density at radius 2 is 1.65 bits per heavy atom. The van der Waals surface area contributed by atoms with E-state index in [2.05, 4.69) is 4.98 Å². The lowest BCUT2D eigenvalue weighted by Gasteiger charge is -2.23. The first-order valence-electron chi connectivity index (χ1n) is 11.6. The summed E-state index contributed by atoms with van der Waals surface area (Å²) >= 11 is 6.62. The zero-order valence-corrected chi connectivity index (χ0v) is 22.9. The molecule has 0 bridgehead atoms. The fraction of sp³-hybridized carbons (Fsp3) is 0.0741. The molecular formula is C27H18ClN3O7S2. The van der Waals surface area contributed by atoms with Crippen molar-refractivity contribution in [2.75, 3.05) is 4.90 Å². The lowest BCUT2D eigenvalue weighted by Crippen LogP contribution is -2.29. The highest BCUT2D eigenvalue weighted by atomic mass is 35.5. The second kappa shape index (κ2) is 10.3. The minimum absolute atomic E-state index is 0.0803. The molecule has 1 atom stereocenters. The number of aliphatic hydroxyl groups is 1. The fourth-order valence-electron chi connectivity index (χ4n) is 4.21. The van der Waals surface area contributed by atoms with Crippen LogP contribution in [0.15, 0.2) is 93.7 Å². The summed E-state index contributed by atoms with van der Waals surface area (Å²) in [7, 11) is -4.15. The van der Waals surface area contributed by atoms with Crippen LogP contribution in [-0.4, -0.2) is 35.1 Å². The van der Waals surface area contributed by atoms with Gasteiger partial charge in [0, 0.05) is 22.7 Å². The number of hydrogen-bond donors (Lipinski definition) is 1. The molecule has 1 aliphatic heterocycles. The molecule has 1 saturated heterocycles.